The van der Waals surface area contributed by atoms with E-state index in [1.165, 1.54) is 0 Å². The first-order valence-corrected chi connectivity index (χ1v) is 5.78. The van der Waals surface area contributed by atoms with Crippen LogP contribution in [0.25, 0.3) is 0 Å². The molecule has 1 fully saturated rings. The normalized spacial score (nSPS) is 19.8. The molecule has 1 saturated heterocycles. The van der Waals surface area contributed by atoms with Crippen LogP contribution in [-0.2, 0) is 9.47 Å². The molecule has 94 valence electrons. The molecule has 0 aromatic heterocycles. The molecule has 4 nitrogen and oxygen atoms in total. The fourth-order valence-corrected chi connectivity index (χ4v) is 1.50. The molecule has 0 radical (unpaired) electrons. The molecule has 4 heteroatoms. The van der Waals surface area contributed by atoms with Gasteiger partial charge >= 0.3 is 0 Å². The predicted molar refractivity (Wildman–Crippen MR) is 63.6 cm³/mol. The number of hydrogen-bond acceptors (Lipinski definition) is 4. The molecule has 0 amide bonds. The maximum atomic E-state index is 5.75. The highest BCUT2D eigenvalue weighted by molar-refractivity contribution is 5.39. The van der Waals surface area contributed by atoms with Crippen LogP contribution >= 0.6 is 0 Å². The number of rotatable bonds is 7. The van der Waals surface area contributed by atoms with Crippen LogP contribution in [0.5, 0.6) is 11.5 Å². The summed E-state index contributed by atoms with van der Waals surface area (Å²) in [4.78, 5) is 0. The topological polar surface area (TPSA) is 40.2 Å². The van der Waals surface area contributed by atoms with Crippen molar-refractivity contribution < 1.29 is 18.9 Å². The van der Waals surface area contributed by atoms with E-state index in [1.54, 1.807) is 7.11 Å². The lowest BCUT2D eigenvalue weighted by atomic mass is 10.3. The Morgan fingerprint density at radius 3 is 2.71 bits per heavy atom. The third-order valence-corrected chi connectivity index (χ3v) is 2.41. The molecule has 1 aliphatic heterocycles. The summed E-state index contributed by atoms with van der Waals surface area (Å²) in [6, 6.07) is 7.65. The summed E-state index contributed by atoms with van der Waals surface area (Å²) in [7, 11) is 1.66. The van der Waals surface area contributed by atoms with Crippen molar-refractivity contribution in [2.24, 2.45) is 0 Å². The van der Waals surface area contributed by atoms with Crippen molar-refractivity contribution in [3.05, 3.63) is 24.3 Å². The Morgan fingerprint density at radius 1 is 1.35 bits per heavy atom. The van der Waals surface area contributed by atoms with Gasteiger partial charge in [0.1, 0.15) is 18.8 Å². The Hall–Kier alpha value is -1.26. The predicted octanol–water partition coefficient (Wildman–Crippen LogP) is 1.88. The zero-order valence-electron chi connectivity index (χ0n) is 10.2. The summed E-state index contributed by atoms with van der Waals surface area (Å²) >= 11 is 0. The van der Waals surface area contributed by atoms with Gasteiger partial charge in [0.2, 0.25) is 0 Å². The van der Waals surface area contributed by atoms with Crippen molar-refractivity contribution in [2.75, 3.05) is 26.9 Å². The van der Waals surface area contributed by atoms with Crippen LogP contribution in [0.15, 0.2) is 24.3 Å². The number of methoxy groups -OCH3 is 1. The summed E-state index contributed by atoms with van der Waals surface area (Å²) in [6.07, 6.45) is 0.251. The van der Waals surface area contributed by atoms with E-state index < -0.39 is 0 Å². The summed E-state index contributed by atoms with van der Waals surface area (Å²) in [5.74, 6) is 1.50. The van der Waals surface area contributed by atoms with Crippen molar-refractivity contribution in [1.29, 1.82) is 0 Å². The van der Waals surface area contributed by atoms with Crippen molar-refractivity contribution in [2.45, 2.75) is 19.1 Å². The van der Waals surface area contributed by atoms with E-state index in [0.29, 0.717) is 13.2 Å². The molecular weight excluding hydrogens is 220 g/mol. The van der Waals surface area contributed by atoms with Gasteiger partial charge in [-0.3, -0.25) is 0 Å². The Kier molecular flexibility index (Phi) is 4.23. The van der Waals surface area contributed by atoms with Crippen LogP contribution in [-0.4, -0.2) is 39.1 Å². The molecule has 2 atom stereocenters. The van der Waals surface area contributed by atoms with E-state index >= 15 is 0 Å². The zero-order valence-corrected chi connectivity index (χ0v) is 10.2. The number of hydrogen-bond donors (Lipinski definition) is 0. The van der Waals surface area contributed by atoms with Gasteiger partial charge in [-0.2, -0.15) is 0 Å². The molecule has 1 aromatic rings. The monoisotopic (exact) mass is 238 g/mol. The highest BCUT2D eigenvalue weighted by atomic mass is 16.6. The van der Waals surface area contributed by atoms with E-state index in [1.807, 2.05) is 31.2 Å². The van der Waals surface area contributed by atoms with E-state index in [0.717, 1.165) is 18.1 Å². The molecule has 0 spiro atoms. The lowest BCUT2D eigenvalue weighted by Crippen LogP contribution is -2.18. The van der Waals surface area contributed by atoms with Crippen LogP contribution in [0.4, 0.5) is 0 Å². The summed E-state index contributed by atoms with van der Waals surface area (Å²) in [5.41, 5.74) is 0. The SMILES string of the molecule is COCC(C)Oc1ccccc1OCC1CO1. The van der Waals surface area contributed by atoms with Gasteiger partial charge in [-0.05, 0) is 19.1 Å². The Balaban J connectivity index is 1.93. The number of benzene rings is 1. The third-order valence-electron chi connectivity index (χ3n) is 2.41. The molecule has 1 aliphatic rings. The van der Waals surface area contributed by atoms with Crippen LogP contribution in [0.2, 0.25) is 0 Å². The Morgan fingerprint density at radius 2 is 2.06 bits per heavy atom. The van der Waals surface area contributed by atoms with Gasteiger partial charge in [0, 0.05) is 7.11 Å². The molecule has 0 bridgehead atoms. The maximum absolute atomic E-state index is 5.75. The first-order chi connectivity index (χ1) is 8.29. The number of epoxide rings is 1. The molecule has 0 aliphatic carbocycles. The maximum Gasteiger partial charge on any atom is 0.161 e. The van der Waals surface area contributed by atoms with Crippen LogP contribution in [0.3, 0.4) is 0 Å². The van der Waals surface area contributed by atoms with E-state index in [-0.39, 0.29) is 12.2 Å². The van der Waals surface area contributed by atoms with Crippen LogP contribution in [0.1, 0.15) is 6.92 Å². The van der Waals surface area contributed by atoms with Gasteiger partial charge in [0.05, 0.1) is 13.2 Å². The zero-order chi connectivity index (χ0) is 12.1. The van der Waals surface area contributed by atoms with E-state index in [4.69, 9.17) is 18.9 Å². The lowest BCUT2D eigenvalue weighted by Gasteiger charge is -2.16. The highest BCUT2D eigenvalue weighted by Crippen LogP contribution is 2.28. The largest absolute Gasteiger partial charge is 0.487 e. The first kappa shape index (κ1) is 12.2. The van der Waals surface area contributed by atoms with Crippen LogP contribution in [0, 0.1) is 0 Å². The molecule has 0 N–H and O–H groups in total. The van der Waals surface area contributed by atoms with Gasteiger partial charge in [-0.25, -0.2) is 0 Å². The van der Waals surface area contributed by atoms with E-state index in [2.05, 4.69) is 0 Å². The minimum Gasteiger partial charge on any atom is -0.487 e. The quantitative estimate of drug-likeness (QED) is 0.680. The standard InChI is InChI=1S/C13H18O4/c1-10(7-14-2)17-13-6-4-3-5-12(13)16-9-11-8-15-11/h3-6,10-11H,7-9H2,1-2H3. The van der Waals surface area contributed by atoms with Crippen LogP contribution < -0.4 is 9.47 Å². The second kappa shape index (κ2) is 5.89. The third kappa shape index (κ3) is 3.91. The number of para-hydroxylation sites is 2. The summed E-state index contributed by atoms with van der Waals surface area (Å²) in [5, 5.41) is 0. The highest BCUT2D eigenvalue weighted by Gasteiger charge is 2.23. The minimum atomic E-state index is 0.00178. The molecule has 2 rings (SSSR count). The van der Waals surface area contributed by atoms with Gasteiger partial charge in [0.15, 0.2) is 11.5 Å². The molecular formula is C13H18O4. The smallest absolute Gasteiger partial charge is 0.161 e. The fraction of sp³-hybridized carbons (Fsp3) is 0.538. The minimum absolute atomic E-state index is 0.00178. The summed E-state index contributed by atoms with van der Waals surface area (Å²) < 4.78 is 21.5. The average molecular weight is 238 g/mol. The Labute approximate surface area is 101 Å². The van der Waals surface area contributed by atoms with Crippen molar-refractivity contribution >= 4 is 0 Å². The number of ether oxygens (including phenoxy) is 4. The lowest BCUT2D eigenvalue weighted by molar-refractivity contribution is 0.0890. The Bertz CT molecular complexity index is 349. The van der Waals surface area contributed by atoms with Gasteiger partial charge in [-0.1, -0.05) is 12.1 Å². The second-order valence-corrected chi connectivity index (χ2v) is 4.10. The van der Waals surface area contributed by atoms with Gasteiger partial charge in [-0.15, -0.1) is 0 Å². The van der Waals surface area contributed by atoms with Gasteiger partial charge < -0.3 is 18.9 Å². The fourth-order valence-electron chi connectivity index (χ4n) is 1.50. The van der Waals surface area contributed by atoms with Crippen molar-refractivity contribution in [3.8, 4) is 11.5 Å². The molecule has 1 heterocycles. The molecule has 0 saturated carbocycles. The molecule has 1 aromatic carbocycles. The molecule has 2 unspecified atom stereocenters. The second-order valence-electron chi connectivity index (χ2n) is 4.10. The summed E-state index contributed by atoms with van der Waals surface area (Å²) in [6.45, 7) is 3.90. The van der Waals surface area contributed by atoms with Crippen molar-refractivity contribution in [3.63, 3.8) is 0 Å². The van der Waals surface area contributed by atoms with Gasteiger partial charge in [0.25, 0.3) is 0 Å². The molecule has 17 heavy (non-hydrogen) atoms. The van der Waals surface area contributed by atoms with E-state index in [9.17, 15) is 0 Å². The first-order valence-electron chi connectivity index (χ1n) is 5.78. The van der Waals surface area contributed by atoms with Crippen molar-refractivity contribution in [1.82, 2.24) is 0 Å². The average Bonchev–Trinajstić information content (AvgIpc) is 3.12.